The minimum absolute atomic E-state index is 0. The van der Waals surface area contributed by atoms with Crippen LogP contribution in [0.5, 0.6) is 0 Å². The van der Waals surface area contributed by atoms with E-state index in [9.17, 15) is 13.6 Å². The summed E-state index contributed by atoms with van der Waals surface area (Å²) in [5, 5.41) is 4.91. The topological polar surface area (TPSA) is 41.1 Å². The SMILES string of the molecule is CCNCC(=O)Nc1c(F)cccc1F.Cl. The highest BCUT2D eigenvalue weighted by Crippen LogP contribution is 2.17. The van der Waals surface area contributed by atoms with Crippen LogP contribution in [-0.2, 0) is 4.79 Å². The van der Waals surface area contributed by atoms with Crippen molar-refractivity contribution >= 4 is 24.0 Å². The summed E-state index contributed by atoms with van der Waals surface area (Å²) in [6, 6.07) is 3.42. The minimum atomic E-state index is -0.778. The molecule has 0 spiro atoms. The largest absolute Gasteiger partial charge is 0.320 e. The Morgan fingerprint density at radius 2 is 1.88 bits per heavy atom. The molecule has 1 amide bonds. The van der Waals surface area contributed by atoms with Gasteiger partial charge >= 0.3 is 0 Å². The standard InChI is InChI=1S/C10H12F2N2O.ClH/c1-2-13-6-9(15)14-10-7(11)4-3-5-8(10)12;/h3-5,13H,2,6H2,1H3,(H,14,15);1H. The third-order valence-corrected chi connectivity index (χ3v) is 1.76. The number of para-hydroxylation sites is 1. The van der Waals surface area contributed by atoms with Crippen molar-refractivity contribution in [2.45, 2.75) is 6.92 Å². The van der Waals surface area contributed by atoms with Crippen LogP contribution >= 0.6 is 12.4 Å². The van der Waals surface area contributed by atoms with Crippen molar-refractivity contribution in [2.24, 2.45) is 0 Å². The molecule has 1 aromatic rings. The van der Waals surface area contributed by atoms with Crippen molar-refractivity contribution < 1.29 is 13.6 Å². The van der Waals surface area contributed by atoms with Gasteiger partial charge in [0.15, 0.2) is 0 Å². The number of carbonyl (C=O) groups excluding carboxylic acids is 1. The molecule has 90 valence electrons. The van der Waals surface area contributed by atoms with Crippen LogP contribution in [0.2, 0.25) is 0 Å². The highest BCUT2D eigenvalue weighted by molar-refractivity contribution is 5.92. The molecular formula is C10H13ClF2N2O. The van der Waals surface area contributed by atoms with Crippen LogP contribution in [0, 0.1) is 11.6 Å². The van der Waals surface area contributed by atoms with Gasteiger partial charge in [-0.05, 0) is 18.7 Å². The van der Waals surface area contributed by atoms with E-state index >= 15 is 0 Å². The molecule has 16 heavy (non-hydrogen) atoms. The number of nitrogens with one attached hydrogen (secondary N) is 2. The van der Waals surface area contributed by atoms with Crippen molar-refractivity contribution in [3.8, 4) is 0 Å². The molecule has 2 N–H and O–H groups in total. The molecule has 0 atom stereocenters. The van der Waals surface area contributed by atoms with E-state index in [1.807, 2.05) is 6.92 Å². The number of hydrogen-bond donors (Lipinski definition) is 2. The van der Waals surface area contributed by atoms with Crippen LogP contribution in [0.15, 0.2) is 18.2 Å². The first-order valence-electron chi connectivity index (χ1n) is 4.59. The van der Waals surface area contributed by atoms with E-state index in [-0.39, 0.29) is 19.0 Å². The fourth-order valence-electron chi connectivity index (χ4n) is 1.04. The van der Waals surface area contributed by atoms with Crippen LogP contribution in [0.25, 0.3) is 0 Å². The number of halogens is 3. The molecule has 0 aliphatic rings. The second-order valence-corrected chi connectivity index (χ2v) is 2.93. The number of carbonyl (C=O) groups is 1. The molecule has 0 radical (unpaired) electrons. The maximum atomic E-state index is 13.1. The average Bonchev–Trinajstić information content (AvgIpc) is 2.21. The summed E-state index contributed by atoms with van der Waals surface area (Å²) < 4.78 is 26.1. The van der Waals surface area contributed by atoms with Crippen LogP contribution in [-0.4, -0.2) is 19.0 Å². The molecule has 0 fully saturated rings. The number of benzene rings is 1. The molecule has 0 aromatic heterocycles. The predicted octanol–water partition coefficient (Wildman–Crippen LogP) is 1.93. The van der Waals surface area contributed by atoms with Crippen molar-refractivity contribution in [3.63, 3.8) is 0 Å². The number of rotatable bonds is 4. The maximum Gasteiger partial charge on any atom is 0.238 e. The van der Waals surface area contributed by atoms with Gasteiger partial charge < -0.3 is 10.6 Å². The Kier molecular flexibility index (Phi) is 6.60. The quantitative estimate of drug-likeness (QED) is 0.858. The Morgan fingerprint density at radius 3 is 2.38 bits per heavy atom. The van der Waals surface area contributed by atoms with Crippen molar-refractivity contribution in [2.75, 3.05) is 18.4 Å². The van der Waals surface area contributed by atoms with Gasteiger partial charge in [-0.15, -0.1) is 12.4 Å². The van der Waals surface area contributed by atoms with Crippen LogP contribution < -0.4 is 10.6 Å². The summed E-state index contributed by atoms with van der Waals surface area (Å²) in [4.78, 5) is 11.2. The van der Waals surface area contributed by atoms with E-state index in [1.165, 1.54) is 6.07 Å². The fraction of sp³-hybridized carbons (Fsp3) is 0.300. The summed E-state index contributed by atoms with van der Waals surface area (Å²) in [5.41, 5.74) is -0.402. The van der Waals surface area contributed by atoms with Gasteiger partial charge in [0, 0.05) is 0 Å². The summed E-state index contributed by atoms with van der Waals surface area (Å²) in [6.45, 7) is 2.48. The molecule has 1 aromatic carbocycles. The molecule has 0 aliphatic heterocycles. The van der Waals surface area contributed by atoms with E-state index in [0.717, 1.165) is 12.1 Å². The lowest BCUT2D eigenvalue weighted by Crippen LogP contribution is -2.28. The molecule has 0 unspecified atom stereocenters. The van der Waals surface area contributed by atoms with Gasteiger partial charge in [-0.25, -0.2) is 8.78 Å². The Bertz CT molecular complexity index is 340. The second kappa shape index (κ2) is 7.14. The lowest BCUT2D eigenvalue weighted by Gasteiger charge is -2.07. The van der Waals surface area contributed by atoms with Crippen molar-refractivity contribution in [3.05, 3.63) is 29.8 Å². The minimum Gasteiger partial charge on any atom is -0.320 e. The Hall–Kier alpha value is -1.20. The molecule has 0 heterocycles. The van der Waals surface area contributed by atoms with E-state index < -0.39 is 23.2 Å². The van der Waals surface area contributed by atoms with Gasteiger partial charge in [0.2, 0.25) is 5.91 Å². The lowest BCUT2D eigenvalue weighted by atomic mass is 10.3. The summed E-state index contributed by atoms with van der Waals surface area (Å²) in [6.07, 6.45) is 0. The first-order chi connectivity index (χ1) is 7.15. The lowest BCUT2D eigenvalue weighted by molar-refractivity contribution is -0.115. The zero-order valence-corrected chi connectivity index (χ0v) is 9.54. The summed E-state index contributed by atoms with van der Waals surface area (Å²) in [7, 11) is 0. The normalized spacial score (nSPS) is 9.44. The molecular weight excluding hydrogens is 238 g/mol. The molecule has 0 saturated heterocycles. The highest BCUT2D eigenvalue weighted by atomic mass is 35.5. The van der Waals surface area contributed by atoms with E-state index in [0.29, 0.717) is 6.54 Å². The number of hydrogen-bond acceptors (Lipinski definition) is 2. The Balaban J connectivity index is 0.00000225. The van der Waals surface area contributed by atoms with Crippen LogP contribution in [0.1, 0.15) is 6.92 Å². The molecule has 0 aliphatic carbocycles. The van der Waals surface area contributed by atoms with E-state index in [4.69, 9.17) is 0 Å². The molecule has 0 saturated carbocycles. The average molecular weight is 251 g/mol. The van der Waals surface area contributed by atoms with Gasteiger partial charge in [0.1, 0.15) is 17.3 Å². The zero-order valence-electron chi connectivity index (χ0n) is 8.72. The predicted molar refractivity (Wildman–Crippen MR) is 60.8 cm³/mol. The van der Waals surface area contributed by atoms with Gasteiger partial charge in [-0.2, -0.15) is 0 Å². The molecule has 6 heteroatoms. The third-order valence-electron chi connectivity index (χ3n) is 1.76. The smallest absolute Gasteiger partial charge is 0.238 e. The summed E-state index contributed by atoms with van der Waals surface area (Å²) in [5.74, 6) is -2.03. The monoisotopic (exact) mass is 250 g/mol. The number of anilines is 1. The highest BCUT2D eigenvalue weighted by Gasteiger charge is 2.10. The summed E-state index contributed by atoms with van der Waals surface area (Å²) >= 11 is 0. The Morgan fingerprint density at radius 1 is 1.31 bits per heavy atom. The van der Waals surface area contributed by atoms with Crippen LogP contribution in [0.3, 0.4) is 0 Å². The van der Waals surface area contributed by atoms with Gasteiger partial charge in [0.25, 0.3) is 0 Å². The number of amides is 1. The second-order valence-electron chi connectivity index (χ2n) is 2.93. The molecule has 3 nitrogen and oxygen atoms in total. The zero-order chi connectivity index (χ0) is 11.3. The van der Waals surface area contributed by atoms with E-state index in [2.05, 4.69) is 10.6 Å². The van der Waals surface area contributed by atoms with Gasteiger partial charge in [-0.1, -0.05) is 13.0 Å². The Labute approximate surface area is 98.6 Å². The first-order valence-corrected chi connectivity index (χ1v) is 4.59. The number of likely N-dealkylation sites (N-methyl/N-ethyl adjacent to an activating group) is 1. The van der Waals surface area contributed by atoms with Crippen molar-refractivity contribution in [1.29, 1.82) is 0 Å². The fourth-order valence-corrected chi connectivity index (χ4v) is 1.04. The molecule has 0 bridgehead atoms. The molecule has 1 rings (SSSR count). The van der Waals surface area contributed by atoms with Gasteiger partial charge in [-0.3, -0.25) is 4.79 Å². The first kappa shape index (κ1) is 14.8. The van der Waals surface area contributed by atoms with Crippen molar-refractivity contribution in [1.82, 2.24) is 5.32 Å². The van der Waals surface area contributed by atoms with Crippen LogP contribution in [0.4, 0.5) is 14.5 Å². The van der Waals surface area contributed by atoms with Gasteiger partial charge in [0.05, 0.1) is 6.54 Å². The third kappa shape index (κ3) is 4.12. The maximum absolute atomic E-state index is 13.1. The van der Waals surface area contributed by atoms with E-state index in [1.54, 1.807) is 0 Å².